The Kier molecular flexibility index (Phi) is 1.36. The molecule has 1 aliphatic rings. The van der Waals surface area contributed by atoms with Crippen molar-refractivity contribution in [2.75, 3.05) is 13.2 Å². The van der Waals surface area contributed by atoms with Crippen LogP contribution in [-0.2, 0) is 4.74 Å². The Morgan fingerprint density at radius 3 is 2.60 bits per heavy atom. The summed E-state index contributed by atoms with van der Waals surface area (Å²) < 4.78 is 5.02. The van der Waals surface area contributed by atoms with Gasteiger partial charge >= 0.3 is 0 Å². The summed E-state index contributed by atoms with van der Waals surface area (Å²) in [7, 11) is 0. The maximum Gasteiger partial charge on any atom is 0.197 e. The van der Waals surface area contributed by atoms with Gasteiger partial charge in [0.05, 0.1) is 13.2 Å². The molecular weight excluding hydrogens is 128 g/mol. The molecule has 0 spiro atoms. The van der Waals surface area contributed by atoms with E-state index in [0.29, 0.717) is 5.92 Å². The van der Waals surface area contributed by atoms with Gasteiger partial charge in [-0.2, -0.15) is 0 Å². The van der Waals surface area contributed by atoms with Crippen LogP contribution in [0.25, 0.3) is 0 Å². The lowest BCUT2D eigenvalue weighted by molar-refractivity contribution is 0.00814. The van der Waals surface area contributed by atoms with Gasteiger partial charge in [-0.25, -0.2) is 9.97 Å². The Hall–Kier alpha value is -0.960. The van der Waals surface area contributed by atoms with Crippen molar-refractivity contribution in [3.8, 4) is 0 Å². The van der Waals surface area contributed by atoms with Crippen molar-refractivity contribution in [2.24, 2.45) is 0 Å². The quantitative estimate of drug-likeness (QED) is 0.558. The number of hydrogen-bond acceptors (Lipinski definition) is 3. The zero-order valence-electron chi connectivity index (χ0n) is 5.45. The molecule has 2 rings (SSSR count). The van der Waals surface area contributed by atoms with E-state index >= 15 is 0 Å². The van der Waals surface area contributed by atoms with Crippen LogP contribution in [0.1, 0.15) is 11.5 Å². The van der Waals surface area contributed by atoms with E-state index < -0.39 is 0 Å². The van der Waals surface area contributed by atoms with E-state index in [0.717, 1.165) is 18.8 Å². The van der Waals surface area contributed by atoms with Crippen LogP contribution in [-0.4, -0.2) is 23.2 Å². The number of hydrogen-bond donors (Lipinski definition) is 0. The number of nitrogens with zero attached hydrogens (tertiary/aromatic N) is 2. The lowest BCUT2D eigenvalue weighted by Gasteiger charge is -2.25. The third-order valence-corrected chi connectivity index (χ3v) is 1.65. The molecule has 1 radical (unpaired) electrons. The second-order valence-corrected chi connectivity index (χ2v) is 2.35. The van der Waals surface area contributed by atoms with Crippen molar-refractivity contribution in [3.63, 3.8) is 0 Å². The monoisotopic (exact) mass is 135 g/mol. The van der Waals surface area contributed by atoms with Crippen LogP contribution in [0.3, 0.4) is 0 Å². The number of ether oxygens (including phenoxy) is 1. The summed E-state index contributed by atoms with van der Waals surface area (Å²) in [5.74, 6) is 0.523. The van der Waals surface area contributed by atoms with E-state index in [1.54, 1.807) is 12.4 Å². The van der Waals surface area contributed by atoms with Crippen molar-refractivity contribution < 1.29 is 4.74 Å². The second kappa shape index (κ2) is 2.34. The smallest absolute Gasteiger partial charge is 0.197 e. The average Bonchev–Trinajstić information content (AvgIpc) is 1.86. The van der Waals surface area contributed by atoms with Crippen LogP contribution in [0.2, 0.25) is 0 Å². The molecule has 51 valence electrons. The zero-order chi connectivity index (χ0) is 6.81. The normalized spacial score (nSPS) is 18.4. The summed E-state index contributed by atoms with van der Waals surface area (Å²) in [6.07, 6.45) is 6.08. The van der Waals surface area contributed by atoms with Crippen LogP contribution < -0.4 is 0 Å². The maximum atomic E-state index is 5.02. The highest BCUT2D eigenvalue weighted by Crippen LogP contribution is 2.21. The zero-order valence-corrected chi connectivity index (χ0v) is 5.45. The van der Waals surface area contributed by atoms with Gasteiger partial charge in [-0.05, 0) is 5.56 Å². The standard InChI is InChI=1S/C7H7N2O/c1-6(2-9-5-8-1)7-3-10-4-7/h1-2,7H,3-4H2. The van der Waals surface area contributed by atoms with Gasteiger partial charge in [-0.15, -0.1) is 0 Å². The Morgan fingerprint density at radius 1 is 1.40 bits per heavy atom. The Balaban J connectivity index is 2.18. The van der Waals surface area contributed by atoms with E-state index in [1.165, 1.54) is 0 Å². The third kappa shape index (κ3) is 0.885. The summed E-state index contributed by atoms with van der Waals surface area (Å²) in [6, 6.07) is 0. The van der Waals surface area contributed by atoms with Crippen LogP contribution in [0.4, 0.5) is 0 Å². The highest BCUT2D eigenvalue weighted by Gasteiger charge is 2.20. The molecule has 1 fully saturated rings. The largest absolute Gasteiger partial charge is 0.380 e. The van der Waals surface area contributed by atoms with E-state index in [2.05, 4.69) is 16.3 Å². The van der Waals surface area contributed by atoms with Gasteiger partial charge in [-0.1, -0.05) is 0 Å². The van der Waals surface area contributed by atoms with E-state index in [-0.39, 0.29) is 0 Å². The molecule has 1 aliphatic heterocycles. The van der Waals surface area contributed by atoms with Crippen LogP contribution in [0, 0.1) is 6.33 Å². The second-order valence-electron chi connectivity index (χ2n) is 2.35. The fraction of sp³-hybridized carbons (Fsp3) is 0.429. The minimum Gasteiger partial charge on any atom is -0.380 e. The molecule has 1 aromatic heterocycles. The SMILES string of the molecule is [c]1ncc(C2COC2)cn1. The molecule has 0 bridgehead atoms. The summed E-state index contributed by atoms with van der Waals surface area (Å²) in [4.78, 5) is 7.59. The predicted octanol–water partition coefficient (Wildman–Crippen LogP) is 0.391. The predicted molar refractivity (Wildman–Crippen MR) is 34.4 cm³/mol. The summed E-state index contributed by atoms with van der Waals surface area (Å²) >= 11 is 0. The van der Waals surface area contributed by atoms with Gasteiger partial charge in [0.1, 0.15) is 0 Å². The molecule has 1 aromatic rings. The van der Waals surface area contributed by atoms with Crippen molar-refractivity contribution in [2.45, 2.75) is 5.92 Å². The molecule has 0 unspecified atom stereocenters. The molecule has 0 aromatic carbocycles. The van der Waals surface area contributed by atoms with E-state index in [4.69, 9.17) is 4.74 Å². The number of aromatic nitrogens is 2. The van der Waals surface area contributed by atoms with Gasteiger partial charge in [0.25, 0.3) is 0 Å². The number of rotatable bonds is 1. The first-order valence-corrected chi connectivity index (χ1v) is 3.22. The third-order valence-electron chi connectivity index (χ3n) is 1.65. The summed E-state index contributed by atoms with van der Waals surface area (Å²) in [6.45, 7) is 1.63. The van der Waals surface area contributed by atoms with Gasteiger partial charge in [0.15, 0.2) is 6.33 Å². The molecule has 0 aliphatic carbocycles. The maximum absolute atomic E-state index is 5.02. The molecular formula is C7H7N2O. The highest BCUT2D eigenvalue weighted by molar-refractivity contribution is 5.12. The fourth-order valence-corrected chi connectivity index (χ4v) is 0.912. The molecule has 0 N–H and O–H groups in total. The Labute approximate surface area is 59.1 Å². The van der Waals surface area contributed by atoms with Gasteiger partial charge in [0, 0.05) is 18.3 Å². The lowest BCUT2D eigenvalue weighted by atomic mass is 10.0. The molecule has 3 nitrogen and oxygen atoms in total. The van der Waals surface area contributed by atoms with Crippen molar-refractivity contribution in [3.05, 3.63) is 24.3 Å². The van der Waals surface area contributed by atoms with Crippen molar-refractivity contribution in [1.82, 2.24) is 9.97 Å². The minimum absolute atomic E-state index is 0.523. The molecule has 0 amide bonds. The highest BCUT2D eigenvalue weighted by atomic mass is 16.5. The topological polar surface area (TPSA) is 35.0 Å². The van der Waals surface area contributed by atoms with Gasteiger partial charge in [0.2, 0.25) is 0 Å². The molecule has 2 heterocycles. The van der Waals surface area contributed by atoms with Crippen molar-refractivity contribution >= 4 is 0 Å². The summed E-state index contributed by atoms with van der Waals surface area (Å²) in [5.41, 5.74) is 1.16. The first-order chi connectivity index (χ1) is 4.97. The van der Waals surface area contributed by atoms with Gasteiger partial charge < -0.3 is 4.74 Å². The molecule has 3 heteroatoms. The lowest BCUT2D eigenvalue weighted by Crippen LogP contribution is -2.25. The minimum atomic E-state index is 0.523. The fourth-order valence-electron chi connectivity index (χ4n) is 0.912. The van der Waals surface area contributed by atoms with Crippen LogP contribution >= 0.6 is 0 Å². The molecule has 0 atom stereocenters. The molecule has 10 heavy (non-hydrogen) atoms. The first-order valence-electron chi connectivity index (χ1n) is 3.22. The van der Waals surface area contributed by atoms with Crippen molar-refractivity contribution in [1.29, 1.82) is 0 Å². The first kappa shape index (κ1) is 5.80. The van der Waals surface area contributed by atoms with E-state index in [1.807, 2.05) is 0 Å². The van der Waals surface area contributed by atoms with Gasteiger partial charge in [-0.3, -0.25) is 0 Å². The van der Waals surface area contributed by atoms with Crippen LogP contribution in [0.5, 0.6) is 0 Å². The van der Waals surface area contributed by atoms with Crippen LogP contribution in [0.15, 0.2) is 12.4 Å². The average molecular weight is 135 g/mol. The Morgan fingerprint density at radius 2 is 2.10 bits per heavy atom. The molecule has 1 saturated heterocycles. The Bertz CT molecular complexity index is 208. The molecule has 0 saturated carbocycles. The van der Waals surface area contributed by atoms with E-state index in [9.17, 15) is 0 Å². The summed E-state index contributed by atoms with van der Waals surface area (Å²) in [5, 5.41) is 0.